The number of aryl methyl sites for hydroxylation is 2. The van der Waals surface area contributed by atoms with Crippen molar-refractivity contribution < 1.29 is 0 Å². The first-order valence-corrected chi connectivity index (χ1v) is 6.28. The summed E-state index contributed by atoms with van der Waals surface area (Å²) in [4.78, 5) is 9.67. The van der Waals surface area contributed by atoms with E-state index in [-0.39, 0.29) is 6.04 Å². The molecule has 2 aromatic rings. The molecule has 0 aliphatic carbocycles. The lowest BCUT2D eigenvalue weighted by Crippen LogP contribution is -2.17. The monoisotopic (exact) mass is 236 g/mol. The quantitative estimate of drug-likeness (QED) is 0.884. The average molecular weight is 236 g/mol. The normalized spacial score (nSPS) is 12.9. The van der Waals surface area contributed by atoms with Gasteiger partial charge in [-0.3, -0.25) is 0 Å². The van der Waals surface area contributed by atoms with Gasteiger partial charge in [-0.25, -0.2) is 9.97 Å². The molecule has 0 fully saturated rings. The lowest BCUT2D eigenvalue weighted by atomic mass is 10.2. The molecule has 1 unspecified atom stereocenters. The molecule has 2 heterocycles. The summed E-state index contributed by atoms with van der Waals surface area (Å²) >= 11 is 1.59. The molecule has 2 N–H and O–H groups in total. The van der Waals surface area contributed by atoms with Crippen LogP contribution in [-0.4, -0.2) is 14.5 Å². The third-order valence-electron chi connectivity index (χ3n) is 2.56. The van der Waals surface area contributed by atoms with Gasteiger partial charge < -0.3 is 10.3 Å². The fraction of sp³-hybridized carbons (Fsp3) is 0.455. The number of imidazole rings is 1. The van der Waals surface area contributed by atoms with Crippen molar-refractivity contribution in [3.63, 3.8) is 0 Å². The van der Waals surface area contributed by atoms with Crippen molar-refractivity contribution in [3.8, 4) is 0 Å². The molecule has 16 heavy (non-hydrogen) atoms. The number of aromatic nitrogens is 3. The summed E-state index contributed by atoms with van der Waals surface area (Å²) in [5, 5.41) is 0. The van der Waals surface area contributed by atoms with Crippen LogP contribution in [0.2, 0.25) is 0 Å². The zero-order valence-corrected chi connectivity index (χ0v) is 10.4. The van der Waals surface area contributed by atoms with E-state index in [0.717, 1.165) is 29.4 Å². The van der Waals surface area contributed by atoms with Crippen molar-refractivity contribution >= 4 is 11.3 Å². The van der Waals surface area contributed by atoms with Crippen molar-refractivity contribution in [2.45, 2.75) is 32.9 Å². The molecular weight excluding hydrogens is 220 g/mol. The fourth-order valence-corrected chi connectivity index (χ4v) is 2.56. The Labute approximate surface area is 99.2 Å². The van der Waals surface area contributed by atoms with E-state index in [1.54, 1.807) is 17.5 Å². The van der Waals surface area contributed by atoms with E-state index in [1.165, 1.54) is 0 Å². The van der Waals surface area contributed by atoms with Gasteiger partial charge in [0.1, 0.15) is 11.9 Å². The molecule has 0 saturated carbocycles. The summed E-state index contributed by atoms with van der Waals surface area (Å²) in [6.07, 6.45) is 4.87. The van der Waals surface area contributed by atoms with Crippen molar-refractivity contribution in [2.24, 2.45) is 5.73 Å². The van der Waals surface area contributed by atoms with Gasteiger partial charge in [0.15, 0.2) is 0 Å². The van der Waals surface area contributed by atoms with Gasteiger partial charge in [-0.2, -0.15) is 0 Å². The lowest BCUT2D eigenvalue weighted by molar-refractivity contribution is 0.614. The minimum atomic E-state index is -0.158. The maximum absolute atomic E-state index is 6.22. The standard InChI is InChI=1S/C11H16N4S/c1-3-5-15-6-4-13-11(15)9(12)10-8(2)14-7-16-10/h4,6-7,9H,3,5,12H2,1-2H3. The van der Waals surface area contributed by atoms with Crippen molar-refractivity contribution in [2.75, 3.05) is 0 Å². The number of nitrogens with zero attached hydrogens (tertiary/aromatic N) is 3. The molecule has 5 heteroatoms. The van der Waals surface area contributed by atoms with Crippen molar-refractivity contribution in [3.05, 3.63) is 34.3 Å². The van der Waals surface area contributed by atoms with E-state index in [1.807, 2.05) is 18.6 Å². The maximum Gasteiger partial charge on any atom is 0.131 e. The van der Waals surface area contributed by atoms with Gasteiger partial charge >= 0.3 is 0 Å². The first-order chi connectivity index (χ1) is 7.74. The molecule has 0 radical (unpaired) electrons. The Morgan fingerprint density at radius 1 is 1.50 bits per heavy atom. The van der Waals surface area contributed by atoms with Gasteiger partial charge in [-0.1, -0.05) is 6.92 Å². The molecule has 0 aliphatic rings. The molecule has 1 atom stereocenters. The maximum atomic E-state index is 6.22. The Morgan fingerprint density at radius 2 is 2.31 bits per heavy atom. The third kappa shape index (κ3) is 2.01. The third-order valence-corrected chi connectivity index (χ3v) is 3.57. The second-order valence-electron chi connectivity index (χ2n) is 3.76. The largest absolute Gasteiger partial charge is 0.333 e. The molecule has 0 saturated heterocycles. The molecule has 0 aromatic carbocycles. The SMILES string of the molecule is CCCn1ccnc1C(N)c1scnc1C. The summed E-state index contributed by atoms with van der Waals surface area (Å²) in [5.74, 6) is 0.925. The Bertz CT molecular complexity index is 460. The number of thiazole rings is 1. The molecular formula is C11H16N4S. The van der Waals surface area contributed by atoms with Crippen LogP contribution in [0.15, 0.2) is 17.9 Å². The highest BCUT2D eigenvalue weighted by molar-refractivity contribution is 7.09. The zero-order valence-electron chi connectivity index (χ0n) is 9.55. The second kappa shape index (κ2) is 4.76. The summed E-state index contributed by atoms with van der Waals surface area (Å²) in [6, 6.07) is -0.158. The first kappa shape index (κ1) is 11.3. The van der Waals surface area contributed by atoms with Crippen LogP contribution < -0.4 is 5.73 Å². The van der Waals surface area contributed by atoms with Crippen LogP contribution in [0.4, 0.5) is 0 Å². The van der Waals surface area contributed by atoms with Gasteiger partial charge in [0, 0.05) is 18.9 Å². The Hall–Kier alpha value is -1.20. The van der Waals surface area contributed by atoms with E-state index in [9.17, 15) is 0 Å². The van der Waals surface area contributed by atoms with Crippen LogP contribution in [0.25, 0.3) is 0 Å². The smallest absolute Gasteiger partial charge is 0.131 e. The lowest BCUT2D eigenvalue weighted by Gasteiger charge is -2.12. The minimum absolute atomic E-state index is 0.158. The minimum Gasteiger partial charge on any atom is -0.333 e. The highest BCUT2D eigenvalue weighted by Gasteiger charge is 2.18. The Kier molecular flexibility index (Phi) is 3.36. The van der Waals surface area contributed by atoms with Gasteiger partial charge in [0.2, 0.25) is 0 Å². The van der Waals surface area contributed by atoms with Crippen LogP contribution in [0.3, 0.4) is 0 Å². The highest BCUT2D eigenvalue weighted by atomic mass is 32.1. The summed E-state index contributed by atoms with van der Waals surface area (Å²) in [6.45, 7) is 5.09. The molecule has 4 nitrogen and oxygen atoms in total. The number of nitrogens with two attached hydrogens (primary N) is 1. The van der Waals surface area contributed by atoms with Gasteiger partial charge in [-0.15, -0.1) is 11.3 Å². The molecule has 2 aromatic heterocycles. The van der Waals surface area contributed by atoms with Crippen LogP contribution in [0.5, 0.6) is 0 Å². The predicted molar refractivity (Wildman–Crippen MR) is 65.4 cm³/mol. The second-order valence-corrected chi connectivity index (χ2v) is 4.64. The van der Waals surface area contributed by atoms with Crippen molar-refractivity contribution in [1.82, 2.24) is 14.5 Å². The summed E-state index contributed by atoms with van der Waals surface area (Å²) < 4.78 is 2.11. The van der Waals surface area contributed by atoms with E-state index < -0.39 is 0 Å². The molecule has 2 rings (SSSR count). The molecule has 0 bridgehead atoms. The van der Waals surface area contributed by atoms with E-state index >= 15 is 0 Å². The van der Waals surface area contributed by atoms with E-state index in [0.29, 0.717) is 0 Å². The highest BCUT2D eigenvalue weighted by Crippen LogP contribution is 2.24. The average Bonchev–Trinajstić information content (AvgIpc) is 2.87. The van der Waals surface area contributed by atoms with E-state index in [4.69, 9.17) is 5.73 Å². The molecule has 0 aliphatic heterocycles. The Balaban J connectivity index is 2.30. The van der Waals surface area contributed by atoms with Crippen LogP contribution in [0.1, 0.15) is 35.8 Å². The molecule has 0 amide bonds. The van der Waals surface area contributed by atoms with Gasteiger partial charge in [0.05, 0.1) is 16.1 Å². The van der Waals surface area contributed by atoms with E-state index in [2.05, 4.69) is 21.5 Å². The first-order valence-electron chi connectivity index (χ1n) is 5.40. The van der Waals surface area contributed by atoms with Crippen LogP contribution in [0, 0.1) is 6.92 Å². The Morgan fingerprint density at radius 3 is 2.94 bits per heavy atom. The van der Waals surface area contributed by atoms with Crippen LogP contribution >= 0.6 is 11.3 Å². The summed E-state index contributed by atoms with van der Waals surface area (Å²) in [5.41, 5.74) is 9.06. The zero-order chi connectivity index (χ0) is 11.5. The number of hydrogen-bond acceptors (Lipinski definition) is 4. The number of rotatable bonds is 4. The molecule has 86 valence electrons. The summed E-state index contributed by atoms with van der Waals surface area (Å²) in [7, 11) is 0. The molecule has 0 spiro atoms. The van der Waals surface area contributed by atoms with Gasteiger partial charge in [-0.05, 0) is 13.3 Å². The fourth-order valence-electron chi connectivity index (χ4n) is 1.76. The number of hydrogen-bond donors (Lipinski definition) is 1. The topological polar surface area (TPSA) is 56.7 Å². The van der Waals surface area contributed by atoms with Gasteiger partial charge in [0.25, 0.3) is 0 Å². The predicted octanol–water partition coefficient (Wildman–Crippen LogP) is 2.11. The van der Waals surface area contributed by atoms with Crippen molar-refractivity contribution in [1.29, 1.82) is 0 Å². The van der Waals surface area contributed by atoms with Crippen LogP contribution in [-0.2, 0) is 6.54 Å².